The van der Waals surface area contributed by atoms with Crippen molar-refractivity contribution in [3.05, 3.63) is 35.4 Å². The molecule has 1 aromatic carbocycles. The second kappa shape index (κ2) is 4.35. The summed E-state index contributed by atoms with van der Waals surface area (Å²) >= 11 is 0. The predicted molar refractivity (Wildman–Crippen MR) is 55.2 cm³/mol. The van der Waals surface area contributed by atoms with Crippen LogP contribution < -0.4 is 0 Å². The van der Waals surface area contributed by atoms with E-state index < -0.39 is 11.9 Å². The van der Waals surface area contributed by atoms with Crippen molar-refractivity contribution in [1.82, 2.24) is 0 Å². The van der Waals surface area contributed by atoms with E-state index in [0.717, 1.165) is 11.1 Å². The Morgan fingerprint density at radius 3 is 2.00 bits per heavy atom. The highest BCUT2D eigenvalue weighted by molar-refractivity contribution is 5.74. The van der Waals surface area contributed by atoms with Gasteiger partial charge >= 0.3 is 11.9 Å². The van der Waals surface area contributed by atoms with Crippen molar-refractivity contribution in [2.45, 2.75) is 19.8 Å². The van der Waals surface area contributed by atoms with Crippen molar-refractivity contribution < 1.29 is 19.4 Å². The monoisotopic (exact) mass is 220 g/mol. The Bertz CT molecular complexity index is 383. The lowest BCUT2D eigenvalue weighted by Crippen LogP contribution is -2.22. The molecule has 0 spiro atoms. The van der Waals surface area contributed by atoms with E-state index in [9.17, 15) is 9.59 Å². The molecule has 0 saturated heterocycles. The Balaban J connectivity index is 2.00. The van der Waals surface area contributed by atoms with E-state index in [0.29, 0.717) is 12.8 Å². The molecule has 0 saturated carbocycles. The van der Waals surface area contributed by atoms with Crippen LogP contribution in [0.15, 0.2) is 24.3 Å². The lowest BCUT2D eigenvalue weighted by molar-refractivity contribution is -0.260. The summed E-state index contributed by atoms with van der Waals surface area (Å²) in [7, 11) is 0. The van der Waals surface area contributed by atoms with Gasteiger partial charge in [0.2, 0.25) is 0 Å². The number of carbonyl (C=O) groups is 2. The Hall–Kier alpha value is -1.84. The van der Waals surface area contributed by atoms with E-state index >= 15 is 0 Å². The molecule has 0 atom stereocenters. The van der Waals surface area contributed by atoms with Gasteiger partial charge in [-0.3, -0.25) is 0 Å². The normalized spacial score (nSPS) is 14.3. The molecule has 0 amide bonds. The van der Waals surface area contributed by atoms with Crippen molar-refractivity contribution in [3.8, 4) is 0 Å². The summed E-state index contributed by atoms with van der Waals surface area (Å²) in [5.41, 5.74) is 2.18. The largest absolute Gasteiger partial charge is 0.359 e. The molecular formula is C12H12O4. The Morgan fingerprint density at radius 2 is 1.56 bits per heavy atom. The quantitative estimate of drug-likeness (QED) is 0.530. The molecule has 0 fully saturated rings. The summed E-state index contributed by atoms with van der Waals surface area (Å²) in [5.74, 6) is -1.38. The van der Waals surface area contributed by atoms with E-state index in [1.165, 1.54) is 6.92 Å². The van der Waals surface area contributed by atoms with Crippen LogP contribution in [0.5, 0.6) is 0 Å². The minimum Gasteiger partial charge on any atom is -0.248 e. The maximum absolute atomic E-state index is 11.6. The van der Waals surface area contributed by atoms with Crippen LogP contribution in [0.2, 0.25) is 0 Å². The maximum Gasteiger partial charge on any atom is 0.359 e. The zero-order valence-corrected chi connectivity index (χ0v) is 8.93. The maximum atomic E-state index is 11.6. The second-order valence-electron chi connectivity index (χ2n) is 3.90. The van der Waals surface area contributed by atoms with E-state index in [1.807, 2.05) is 24.3 Å². The first-order chi connectivity index (χ1) is 7.65. The number of rotatable bonds is 1. The van der Waals surface area contributed by atoms with Crippen molar-refractivity contribution in [2.24, 2.45) is 5.92 Å². The molecule has 0 heterocycles. The number of hydrogen-bond acceptors (Lipinski definition) is 4. The summed E-state index contributed by atoms with van der Waals surface area (Å²) in [5, 5.41) is 0. The topological polar surface area (TPSA) is 52.6 Å². The first-order valence-electron chi connectivity index (χ1n) is 5.12. The summed E-state index contributed by atoms with van der Waals surface area (Å²) in [6.45, 7) is 1.19. The van der Waals surface area contributed by atoms with Gasteiger partial charge in [0.1, 0.15) is 0 Å². The number of fused-ring (bicyclic) bond motifs is 4. The zero-order valence-electron chi connectivity index (χ0n) is 8.93. The van der Waals surface area contributed by atoms with Gasteiger partial charge < -0.3 is 0 Å². The zero-order chi connectivity index (χ0) is 11.5. The third-order valence-corrected chi connectivity index (χ3v) is 2.56. The van der Waals surface area contributed by atoms with Gasteiger partial charge in [-0.15, -0.1) is 0 Å². The number of hydrogen-bond donors (Lipinski definition) is 0. The van der Waals surface area contributed by atoms with E-state index in [2.05, 4.69) is 9.78 Å². The molecule has 0 unspecified atom stereocenters. The van der Waals surface area contributed by atoms with E-state index in [-0.39, 0.29) is 5.92 Å². The fourth-order valence-electron chi connectivity index (χ4n) is 1.79. The SMILES string of the molecule is CC(=O)OOC(=O)C1Cc2ccc(cc2)C1. The molecule has 4 nitrogen and oxygen atoms in total. The van der Waals surface area contributed by atoms with Crippen molar-refractivity contribution in [1.29, 1.82) is 0 Å². The molecule has 0 aromatic heterocycles. The Kier molecular flexibility index (Phi) is 2.90. The minimum absolute atomic E-state index is 0.269. The van der Waals surface area contributed by atoms with Gasteiger partial charge in [-0.2, -0.15) is 0 Å². The number of benzene rings is 1. The lowest BCUT2D eigenvalue weighted by Gasteiger charge is -2.10. The highest BCUT2D eigenvalue weighted by Crippen LogP contribution is 2.21. The third kappa shape index (κ3) is 2.39. The average molecular weight is 220 g/mol. The van der Waals surface area contributed by atoms with Gasteiger partial charge in [-0.25, -0.2) is 19.4 Å². The Morgan fingerprint density at radius 1 is 1.06 bits per heavy atom. The summed E-state index contributed by atoms with van der Waals surface area (Å²) in [6, 6.07) is 7.98. The first-order valence-corrected chi connectivity index (χ1v) is 5.12. The van der Waals surface area contributed by atoms with E-state index in [1.54, 1.807) is 0 Å². The van der Waals surface area contributed by atoms with E-state index in [4.69, 9.17) is 0 Å². The molecule has 4 heteroatoms. The molecule has 2 aliphatic rings. The molecule has 0 aliphatic heterocycles. The van der Waals surface area contributed by atoms with Crippen molar-refractivity contribution in [3.63, 3.8) is 0 Å². The lowest BCUT2D eigenvalue weighted by atomic mass is 9.99. The molecule has 3 rings (SSSR count). The van der Waals surface area contributed by atoms with Gasteiger partial charge in [0, 0.05) is 6.92 Å². The molecule has 16 heavy (non-hydrogen) atoms. The van der Waals surface area contributed by atoms with Crippen LogP contribution in [0.25, 0.3) is 0 Å². The third-order valence-electron chi connectivity index (χ3n) is 2.56. The Labute approximate surface area is 93.1 Å². The fraction of sp³-hybridized carbons (Fsp3) is 0.333. The van der Waals surface area contributed by atoms with Crippen molar-refractivity contribution >= 4 is 11.9 Å². The van der Waals surface area contributed by atoms with Crippen LogP contribution in [-0.4, -0.2) is 11.9 Å². The molecule has 2 bridgehead atoms. The smallest absolute Gasteiger partial charge is 0.248 e. The van der Waals surface area contributed by atoms with Gasteiger partial charge in [0.15, 0.2) is 0 Å². The van der Waals surface area contributed by atoms with Crippen LogP contribution in [0.4, 0.5) is 0 Å². The summed E-state index contributed by atoms with van der Waals surface area (Å²) < 4.78 is 0. The predicted octanol–water partition coefficient (Wildman–Crippen LogP) is 1.42. The van der Waals surface area contributed by atoms with Crippen LogP contribution in [-0.2, 0) is 32.2 Å². The van der Waals surface area contributed by atoms with Crippen LogP contribution in [0, 0.1) is 5.92 Å². The molecule has 0 N–H and O–H groups in total. The second-order valence-corrected chi connectivity index (χ2v) is 3.90. The van der Waals surface area contributed by atoms with Gasteiger partial charge in [-0.05, 0) is 24.0 Å². The molecule has 84 valence electrons. The first kappa shape index (κ1) is 10.7. The molecule has 1 aromatic rings. The van der Waals surface area contributed by atoms with Crippen molar-refractivity contribution in [2.75, 3.05) is 0 Å². The molecule has 0 radical (unpaired) electrons. The highest BCUT2D eigenvalue weighted by atomic mass is 17.2. The fourth-order valence-corrected chi connectivity index (χ4v) is 1.79. The van der Waals surface area contributed by atoms with Crippen LogP contribution in [0.1, 0.15) is 18.1 Å². The highest BCUT2D eigenvalue weighted by Gasteiger charge is 2.25. The van der Waals surface area contributed by atoms with Gasteiger partial charge in [0.25, 0.3) is 0 Å². The van der Waals surface area contributed by atoms with Crippen LogP contribution in [0.3, 0.4) is 0 Å². The minimum atomic E-state index is -0.624. The summed E-state index contributed by atoms with van der Waals surface area (Å²) in [4.78, 5) is 30.8. The summed E-state index contributed by atoms with van der Waals surface area (Å²) in [6.07, 6.45) is 1.24. The van der Waals surface area contributed by atoms with Gasteiger partial charge in [-0.1, -0.05) is 24.3 Å². The number of carbonyl (C=O) groups excluding carboxylic acids is 2. The van der Waals surface area contributed by atoms with Crippen LogP contribution >= 0.6 is 0 Å². The average Bonchev–Trinajstić information content (AvgIpc) is 2.58. The molecular weight excluding hydrogens is 208 g/mol. The molecule has 2 aliphatic carbocycles. The van der Waals surface area contributed by atoms with Gasteiger partial charge in [0.05, 0.1) is 5.92 Å². The standard InChI is InChI=1S/C12H12O4/c1-8(13)15-16-12(14)11-6-9-2-3-10(7-11)5-4-9/h2-5,11H,6-7H2,1H3.